The maximum atomic E-state index is 13.8. The zero-order valence-corrected chi connectivity index (χ0v) is 13.3. The van der Waals surface area contributed by atoms with Crippen LogP contribution in [-0.2, 0) is 0 Å². The van der Waals surface area contributed by atoms with E-state index < -0.39 is 5.82 Å². The van der Waals surface area contributed by atoms with Gasteiger partial charge in [-0.25, -0.2) is 9.37 Å². The van der Waals surface area contributed by atoms with Gasteiger partial charge >= 0.3 is 0 Å². The maximum absolute atomic E-state index is 13.8. The highest BCUT2D eigenvalue weighted by Crippen LogP contribution is 2.31. The number of hydrogen-bond donors (Lipinski definition) is 1. The minimum atomic E-state index is -0.468. The third-order valence-electron chi connectivity index (χ3n) is 4.26. The van der Waals surface area contributed by atoms with Gasteiger partial charge in [-0.15, -0.1) is 0 Å². The molecule has 25 heavy (non-hydrogen) atoms. The number of nitrogens with zero attached hydrogens (tertiary/aromatic N) is 2. The number of nitriles is 1. The number of aromatic nitrogens is 2. The van der Waals surface area contributed by atoms with Crippen LogP contribution in [0.25, 0.3) is 33.1 Å². The lowest BCUT2D eigenvalue weighted by molar-refractivity contribution is 0.101. The van der Waals surface area contributed by atoms with Crippen LogP contribution in [0.4, 0.5) is 4.39 Å². The van der Waals surface area contributed by atoms with Gasteiger partial charge in [-0.2, -0.15) is 5.26 Å². The molecule has 0 unspecified atom stereocenters. The summed E-state index contributed by atoms with van der Waals surface area (Å²) in [6.45, 7) is 1.52. The van der Waals surface area contributed by atoms with Gasteiger partial charge in [0.05, 0.1) is 22.3 Å². The summed E-state index contributed by atoms with van der Waals surface area (Å²) in [4.78, 5) is 19.4. The topological polar surface area (TPSA) is 69.5 Å². The first kappa shape index (κ1) is 15.0. The summed E-state index contributed by atoms with van der Waals surface area (Å²) in [6.07, 6.45) is 1.72. The third-order valence-corrected chi connectivity index (χ3v) is 4.26. The molecule has 0 bridgehead atoms. The molecule has 1 N–H and O–H groups in total. The van der Waals surface area contributed by atoms with E-state index in [-0.39, 0.29) is 11.3 Å². The van der Waals surface area contributed by atoms with Crippen LogP contribution in [0.5, 0.6) is 0 Å². The molecule has 0 amide bonds. The van der Waals surface area contributed by atoms with Crippen molar-refractivity contribution in [3.63, 3.8) is 0 Å². The molecule has 0 saturated carbocycles. The third kappa shape index (κ3) is 2.36. The number of rotatable bonds is 2. The Morgan fingerprint density at radius 1 is 1.20 bits per heavy atom. The normalized spacial score (nSPS) is 10.9. The quantitative estimate of drug-likeness (QED) is 0.547. The first-order valence-electron chi connectivity index (χ1n) is 7.70. The van der Waals surface area contributed by atoms with Crippen molar-refractivity contribution in [2.45, 2.75) is 6.92 Å². The van der Waals surface area contributed by atoms with Crippen molar-refractivity contribution in [3.05, 3.63) is 65.6 Å². The lowest BCUT2D eigenvalue weighted by atomic mass is 10.0. The number of carbonyl (C=O) groups excluding carboxylic acids is 1. The van der Waals surface area contributed by atoms with Crippen molar-refractivity contribution >= 4 is 27.6 Å². The molecule has 120 valence electrons. The second-order valence-electron chi connectivity index (χ2n) is 5.82. The Kier molecular flexibility index (Phi) is 3.33. The average molecular weight is 329 g/mol. The molecule has 2 heterocycles. The molecule has 0 spiro atoms. The molecule has 0 aliphatic heterocycles. The molecule has 0 fully saturated rings. The van der Waals surface area contributed by atoms with Gasteiger partial charge < -0.3 is 4.98 Å². The number of aromatic amines is 1. The molecule has 2 aromatic carbocycles. The largest absolute Gasteiger partial charge is 0.359 e. The monoisotopic (exact) mass is 329 g/mol. The summed E-state index contributed by atoms with van der Waals surface area (Å²) in [7, 11) is 0. The second kappa shape index (κ2) is 5.53. The molecule has 2 aromatic heterocycles. The minimum Gasteiger partial charge on any atom is -0.359 e. The van der Waals surface area contributed by atoms with Crippen LogP contribution in [0.2, 0.25) is 0 Å². The van der Waals surface area contributed by atoms with Crippen molar-refractivity contribution in [3.8, 4) is 17.3 Å². The Morgan fingerprint density at radius 2 is 2.04 bits per heavy atom. The van der Waals surface area contributed by atoms with Crippen molar-refractivity contribution in [2.24, 2.45) is 0 Å². The standard InChI is InChI=1S/C20H12FN3O/c1-11(25)14-3-2-4-18-15(14)5-6-19(24-18)17-10-23-20-12(9-22)7-13(21)8-16(17)20/h2-8,10,23H,1H3. The Balaban J connectivity index is 1.97. The fraction of sp³-hybridized carbons (Fsp3) is 0.0500. The van der Waals surface area contributed by atoms with E-state index >= 15 is 0 Å². The molecule has 4 rings (SSSR count). The number of carbonyl (C=O) groups is 1. The number of Topliss-reactive ketones (excluding diaryl/α,β-unsaturated/α-hetero) is 1. The van der Waals surface area contributed by atoms with E-state index in [9.17, 15) is 14.4 Å². The molecular weight excluding hydrogens is 317 g/mol. The van der Waals surface area contributed by atoms with E-state index in [2.05, 4.69) is 9.97 Å². The molecule has 0 aliphatic carbocycles. The highest BCUT2D eigenvalue weighted by atomic mass is 19.1. The van der Waals surface area contributed by atoms with E-state index in [1.165, 1.54) is 19.1 Å². The lowest BCUT2D eigenvalue weighted by Crippen LogP contribution is -1.95. The van der Waals surface area contributed by atoms with Gasteiger partial charge in [-0.1, -0.05) is 12.1 Å². The van der Waals surface area contributed by atoms with Crippen molar-refractivity contribution < 1.29 is 9.18 Å². The molecule has 0 radical (unpaired) electrons. The first-order chi connectivity index (χ1) is 12.1. The molecule has 0 atom stereocenters. The van der Waals surface area contributed by atoms with Crippen LogP contribution in [0.15, 0.2) is 48.7 Å². The maximum Gasteiger partial charge on any atom is 0.160 e. The molecule has 5 heteroatoms. The summed E-state index contributed by atoms with van der Waals surface area (Å²) in [6, 6.07) is 13.6. The lowest BCUT2D eigenvalue weighted by Gasteiger charge is -2.05. The number of H-pyrrole nitrogens is 1. The summed E-state index contributed by atoms with van der Waals surface area (Å²) >= 11 is 0. The first-order valence-corrected chi connectivity index (χ1v) is 7.70. The van der Waals surface area contributed by atoms with Gasteiger partial charge in [-0.05, 0) is 37.3 Å². The number of pyridine rings is 1. The van der Waals surface area contributed by atoms with Crippen LogP contribution >= 0.6 is 0 Å². The Hall–Kier alpha value is -3.52. The average Bonchev–Trinajstić information content (AvgIpc) is 3.03. The fourth-order valence-corrected chi connectivity index (χ4v) is 3.11. The number of ketones is 1. The molecule has 4 nitrogen and oxygen atoms in total. The second-order valence-corrected chi connectivity index (χ2v) is 5.82. The van der Waals surface area contributed by atoms with Crippen molar-refractivity contribution in [1.82, 2.24) is 9.97 Å². The van der Waals surface area contributed by atoms with Crippen LogP contribution < -0.4 is 0 Å². The van der Waals surface area contributed by atoms with E-state index in [4.69, 9.17) is 0 Å². The SMILES string of the molecule is CC(=O)c1cccc2nc(-c3c[nH]c4c(C#N)cc(F)cc34)ccc12. The predicted octanol–water partition coefficient (Wildman–Crippen LogP) is 4.60. The van der Waals surface area contributed by atoms with Gasteiger partial charge in [0.1, 0.15) is 11.9 Å². The highest BCUT2D eigenvalue weighted by molar-refractivity contribution is 6.07. The fourth-order valence-electron chi connectivity index (χ4n) is 3.11. The van der Waals surface area contributed by atoms with E-state index in [1.807, 2.05) is 18.2 Å². The van der Waals surface area contributed by atoms with E-state index in [0.717, 1.165) is 5.39 Å². The van der Waals surface area contributed by atoms with Crippen LogP contribution in [-0.4, -0.2) is 15.8 Å². The van der Waals surface area contributed by atoms with Gasteiger partial charge in [0, 0.05) is 28.1 Å². The zero-order valence-electron chi connectivity index (χ0n) is 13.3. The van der Waals surface area contributed by atoms with Gasteiger partial charge in [0.25, 0.3) is 0 Å². The summed E-state index contributed by atoms with van der Waals surface area (Å²) in [5.74, 6) is -0.488. The Labute approximate surface area is 142 Å². The highest BCUT2D eigenvalue weighted by Gasteiger charge is 2.14. The van der Waals surface area contributed by atoms with Gasteiger partial charge in [0.2, 0.25) is 0 Å². The van der Waals surface area contributed by atoms with Gasteiger partial charge in [-0.3, -0.25) is 4.79 Å². The number of nitrogens with one attached hydrogen (secondary N) is 1. The van der Waals surface area contributed by atoms with Crippen LogP contribution in [0.1, 0.15) is 22.8 Å². The molecule has 0 saturated heterocycles. The van der Waals surface area contributed by atoms with E-state index in [1.54, 1.807) is 24.4 Å². The Morgan fingerprint density at radius 3 is 2.80 bits per heavy atom. The smallest absolute Gasteiger partial charge is 0.160 e. The van der Waals surface area contributed by atoms with Crippen molar-refractivity contribution in [2.75, 3.05) is 0 Å². The minimum absolute atomic E-state index is 0.0204. The molecule has 0 aliphatic rings. The van der Waals surface area contributed by atoms with Crippen LogP contribution in [0, 0.1) is 17.1 Å². The summed E-state index contributed by atoms with van der Waals surface area (Å²) in [5, 5.41) is 10.6. The zero-order chi connectivity index (χ0) is 17.6. The Bertz CT molecular complexity index is 1200. The molecule has 4 aromatic rings. The number of benzene rings is 2. The summed E-state index contributed by atoms with van der Waals surface area (Å²) in [5.41, 5.74) is 3.50. The predicted molar refractivity (Wildman–Crippen MR) is 93.7 cm³/mol. The number of fused-ring (bicyclic) bond motifs is 2. The molecular formula is C20H12FN3O. The van der Waals surface area contributed by atoms with Gasteiger partial charge in [0.15, 0.2) is 5.78 Å². The number of halogens is 1. The van der Waals surface area contributed by atoms with Crippen molar-refractivity contribution in [1.29, 1.82) is 5.26 Å². The van der Waals surface area contributed by atoms with E-state index in [0.29, 0.717) is 33.2 Å². The number of hydrogen-bond acceptors (Lipinski definition) is 3. The summed E-state index contributed by atoms with van der Waals surface area (Å²) < 4.78 is 13.8. The van der Waals surface area contributed by atoms with Crippen LogP contribution in [0.3, 0.4) is 0 Å².